The number of nitrogens with one attached hydrogen (secondary N) is 3. The Morgan fingerprint density at radius 2 is 1.74 bits per heavy atom. The minimum absolute atomic E-state index is 0.0318. The van der Waals surface area contributed by atoms with Crippen LogP contribution < -0.4 is 16.4 Å². The van der Waals surface area contributed by atoms with Crippen LogP contribution in [0.3, 0.4) is 0 Å². The highest BCUT2D eigenvalue weighted by Crippen LogP contribution is 2.19. The zero-order valence-electron chi connectivity index (χ0n) is 13.4. The first kappa shape index (κ1) is 18.4. The highest BCUT2D eigenvalue weighted by atomic mass is 127. The Bertz CT molecular complexity index is 1140. The van der Waals surface area contributed by atoms with Gasteiger partial charge in [-0.15, -0.1) is 0 Å². The summed E-state index contributed by atoms with van der Waals surface area (Å²) in [4.78, 5) is 46.6. The number of aromatic amines is 1. The average Bonchev–Trinajstić information content (AvgIpc) is 2.66. The van der Waals surface area contributed by atoms with Crippen molar-refractivity contribution in [2.24, 2.45) is 0 Å². The van der Waals surface area contributed by atoms with Crippen LogP contribution in [0, 0.1) is 13.7 Å². The molecule has 0 spiro atoms. The summed E-state index contributed by atoms with van der Waals surface area (Å²) in [5, 5.41) is 17.4. The molecule has 0 aliphatic rings. The van der Waals surface area contributed by atoms with Crippen molar-refractivity contribution in [2.75, 3.05) is 0 Å². The lowest BCUT2D eigenvalue weighted by Crippen LogP contribution is -2.42. The van der Waals surface area contributed by atoms with Gasteiger partial charge in [-0.3, -0.25) is 35.3 Å². The monoisotopic (exact) mass is 479 g/mol. The molecular weight excluding hydrogens is 469 g/mol. The molecule has 1 heterocycles. The topological polar surface area (TPSA) is 147 Å². The largest absolute Gasteiger partial charge is 0.290 e. The third-order valence-electron chi connectivity index (χ3n) is 3.61. The third kappa shape index (κ3) is 3.76. The number of amides is 2. The second kappa shape index (κ2) is 7.49. The van der Waals surface area contributed by atoms with Crippen LogP contribution in [-0.4, -0.2) is 26.9 Å². The Hall–Kier alpha value is -3.35. The van der Waals surface area contributed by atoms with Crippen LogP contribution >= 0.6 is 22.6 Å². The molecule has 3 rings (SSSR count). The van der Waals surface area contributed by atoms with Crippen molar-refractivity contribution in [3.8, 4) is 0 Å². The standard InChI is InChI=1S/C16H10IN5O5/c17-12-6-5-8(22(26)27)7-11(12)15(24)20-21-16(25)13-9-3-1-2-4-10(9)14(23)19-18-13/h1-7H,(H,19,23)(H,20,24)(H,21,25). The first-order valence-electron chi connectivity index (χ1n) is 7.40. The number of aromatic nitrogens is 2. The molecule has 27 heavy (non-hydrogen) atoms. The minimum Gasteiger partial charge on any atom is -0.267 e. The number of fused-ring (bicyclic) bond motifs is 1. The van der Waals surface area contributed by atoms with Crippen LogP contribution in [0.4, 0.5) is 5.69 Å². The predicted octanol–water partition coefficient (Wildman–Crippen LogP) is 1.51. The summed E-state index contributed by atoms with van der Waals surface area (Å²) in [7, 11) is 0. The predicted molar refractivity (Wildman–Crippen MR) is 103 cm³/mol. The van der Waals surface area contributed by atoms with Gasteiger partial charge in [-0.1, -0.05) is 18.2 Å². The molecule has 0 unspecified atom stereocenters. The third-order valence-corrected chi connectivity index (χ3v) is 4.55. The molecule has 0 saturated heterocycles. The van der Waals surface area contributed by atoms with E-state index in [4.69, 9.17) is 0 Å². The highest BCUT2D eigenvalue weighted by molar-refractivity contribution is 14.1. The van der Waals surface area contributed by atoms with E-state index in [1.165, 1.54) is 18.2 Å². The van der Waals surface area contributed by atoms with E-state index >= 15 is 0 Å². The lowest BCUT2D eigenvalue weighted by atomic mass is 10.1. The molecule has 10 nitrogen and oxygen atoms in total. The quantitative estimate of drug-likeness (QED) is 0.295. The van der Waals surface area contributed by atoms with E-state index in [-0.39, 0.29) is 22.3 Å². The molecule has 0 bridgehead atoms. The SMILES string of the molecule is O=C(NNC(=O)c1n[nH]c(=O)c2ccccc12)c1cc([N+](=O)[O-])ccc1I. The van der Waals surface area contributed by atoms with Crippen molar-refractivity contribution in [3.63, 3.8) is 0 Å². The van der Waals surface area contributed by atoms with Crippen LogP contribution in [0.5, 0.6) is 0 Å². The van der Waals surface area contributed by atoms with E-state index in [1.54, 1.807) is 18.2 Å². The number of hydrogen-bond donors (Lipinski definition) is 3. The summed E-state index contributed by atoms with van der Waals surface area (Å²) in [5.41, 5.74) is 3.63. The first-order chi connectivity index (χ1) is 12.9. The summed E-state index contributed by atoms with van der Waals surface area (Å²) < 4.78 is 0.470. The van der Waals surface area contributed by atoms with Crippen molar-refractivity contribution >= 4 is 50.9 Å². The van der Waals surface area contributed by atoms with Gasteiger partial charge in [0, 0.05) is 21.1 Å². The molecule has 0 atom stereocenters. The second-order valence-corrected chi connectivity index (χ2v) is 6.44. The average molecular weight is 479 g/mol. The second-order valence-electron chi connectivity index (χ2n) is 5.28. The van der Waals surface area contributed by atoms with Gasteiger partial charge < -0.3 is 0 Å². The van der Waals surface area contributed by atoms with E-state index in [2.05, 4.69) is 21.0 Å². The van der Waals surface area contributed by atoms with Crippen LogP contribution in [-0.2, 0) is 0 Å². The lowest BCUT2D eigenvalue weighted by Gasteiger charge is -2.09. The zero-order chi connectivity index (χ0) is 19.6. The van der Waals surface area contributed by atoms with Gasteiger partial charge in [0.15, 0.2) is 5.69 Å². The molecule has 3 aromatic rings. The summed E-state index contributed by atoms with van der Waals surface area (Å²) in [6, 6.07) is 10.2. The van der Waals surface area contributed by atoms with E-state index in [1.807, 2.05) is 22.6 Å². The van der Waals surface area contributed by atoms with E-state index in [0.29, 0.717) is 8.96 Å². The van der Waals surface area contributed by atoms with Crippen LogP contribution in [0.2, 0.25) is 0 Å². The van der Waals surface area contributed by atoms with Gasteiger partial charge >= 0.3 is 0 Å². The molecule has 1 aromatic heterocycles. The fraction of sp³-hybridized carbons (Fsp3) is 0. The van der Waals surface area contributed by atoms with Crippen molar-refractivity contribution in [1.29, 1.82) is 0 Å². The Kier molecular flexibility index (Phi) is 5.12. The highest BCUT2D eigenvalue weighted by Gasteiger charge is 2.18. The Morgan fingerprint density at radius 1 is 1.07 bits per heavy atom. The Balaban J connectivity index is 1.82. The number of hydrogen-bond acceptors (Lipinski definition) is 6. The smallest absolute Gasteiger partial charge is 0.267 e. The molecular formula is C16H10IN5O5. The van der Waals surface area contributed by atoms with Crippen LogP contribution in [0.1, 0.15) is 20.8 Å². The summed E-state index contributed by atoms with van der Waals surface area (Å²) in [5.74, 6) is -1.48. The molecule has 0 aliphatic heterocycles. The van der Waals surface area contributed by atoms with Gasteiger partial charge in [-0.05, 0) is 34.7 Å². The van der Waals surface area contributed by atoms with Gasteiger partial charge in [0.2, 0.25) is 0 Å². The number of hydrazine groups is 1. The maximum Gasteiger partial charge on any atom is 0.290 e. The molecule has 0 radical (unpaired) electrons. The van der Waals surface area contributed by atoms with Crippen molar-refractivity contribution in [2.45, 2.75) is 0 Å². The number of nitrogens with zero attached hydrogens (tertiary/aromatic N) is 2. The lowest BCUT2D eigenvalue weighted by molar-refractivity contribution is -0.384. The maximum absolute atomic E-state index is 12.3. The summed E-state index contributed by atoms with van der Waals surface area (Å²) >= 11 is 1.85. The van der Waals surface area contributed by atoms with Gasteiger partial charge in [0.05, 0.1) is 15.9 Å². The van der Waals surface area contributed by atoms with Gasteiger partial charge in [0.1, 0.15) is 0 Å². The number of benzene rings is 2. The number of nitro groups is 1. The molecule has 0 aliphatic carbocycles. The molecule has 0 fully saturated rings. The zero-order valence-corrected chi connectivity index (χ0v) is 15.5. The van der Waals surface area contributed by atoms with E-state index in [9.17, 15) is 24.5 Å². The van der Waals surface area contributed by atoms with Crippen LogP contribution in [0.25, 0.3) is 10.8 Å². The first-order valence-corrected chi connectivity index (χ1v) is 8.48. The van der Waals surface area contributed by atoms with Crippen molar-refractivity contribution in [1.82, 2.24) is 21.0 Å². The number of rotatable bonds is 3. The van der Waals surface area contributed by atoms with Crippen molar-refractivity contribution < 1.29 is 14.5 Å². The minimum atomic E-state index is -0.753. The van der Waals surface area contributed by atoms with Crippen LogP contribution in [0.15, 0.2) is 47.3 Å². The Morgan fingerprint density at radius 3 is 2.44 bits per heavy atom. The molecule has 2 amide bonds. The number of carbonyl (C=O) groups excluding carboxylic acids is 2. The fourth-order valence-electron chi connectivity index (χ4n) is 2.33. The summed E-state index contributed by atoms with van der Waals surface area (Å²) in [6.07, 6.45) is 0. The van der Waals surface area contributed by atoms with E-state index < -0.39 is 22.3 Å². The number of halogens is 1. The molecule has 3 N–H and O–H groups in total. The Labute approximate surface area is 164 Å². The maximum atomic E-state index is 12.3. The fourth-order valence-corrected chi connectivity index (χ4v) is 2.91. The molecule has 11 heteroatoms. The number of H-pyrrole nitrogens is 1. The number of carbonyl (C=O) groups is 2. The van der Waals surface area contributed by atoms with Crippen molar-refractivity contribution in [3.05, 3.63) is 77.8 Å². The van der Waals surface area contributed by atoms with E-state index in [0.717, 1.165) is 6.07 Å². The van der Waals surface area contributed by atoms with Gasteiger partial charge in [-0.25, -0.2) is 5.10 Å². The van der Waals surface area contributed by atoms with Gasteiger partial charge in [0.25, 0.3) is 23.1 Å². The number of non-ortho nitro benzene ring substituents is 1. The summed E-state index contributed by atoms with van der Waals surface area (Å²) in [6.45, 7) is 0. The van der Waals surface area contributed by atoms with Gasteiger partial charge in [-0.2, -0.15) is 5.10 Å². The molecule has 136 valence electrons. The number of nitro benzene ring substituents is 1. The molecule has 0 saturated carbocycles. The molecule has 2 aromatic carbocycles. The normalized spacial score (nSPS) is 10.4.